The van der Waals surface area contributed by atoms with Crippen LogP contribution in [0.25, 0.3) is 0 Å². The second-order valence-corrected chi connectivity index (χ2v) is 3.10. The van der Waals surface area contributed by atoms with E-state index in [-0.39, 0.29) is 42.8 Å². The maximum absolute atomic E-state index is 10.9. The van der Waals surface area contributed by atoms with Crippen LogP contribution >= 0.6 is 0 Å². The predicted octanol–water partition coefficient (Wildman–Crippen LogP) is -3.90. The molecule has 68 valence electrons. The SMILES string of the molecule is O=C([O-])C1(c2ccncc2)COC1.[Na+]. The molecular weight excluding hydrogens is 193 g/mol. The van der Waals surface area contributed by atoms with Gasteiger partial charge in [0.2, 0.25) is 0 Å². The second kappa shape index (κ2) is 4.40. The fourth-order valence-electron chi connectivity index (χ4n) is 1.38. The summed E-state index contributed by atoms with van der Waals surface area (Å²) in [4.78, 5) is 14.7. The first-order valence-electron chi connectivity index (χ1n) is 3.95. The second-order valence-electron chi connectivity index (χ2n) is 3.10. The Morgan fingerprint density at radius 2 is 2.00 bits per heavy atom. The van der Waals surface area contributed by atoms with E-state index in [9.17, 15) is 9.90 Å². The van der Waals surface area contributed by atoms with Crippen LogP contribution in [-0.4, -0.2) is 24.2 Å². The van der Waals surface area contributed by atoms with Crippen LogP contribution in [0.2, 0.25) is 0 Å². The van der Waals surface area contributed by atoms with E-state index >= 15 is 0 Å². The standard InChI is InChI=1S/C9H9NO3.Na/c11-8(12)9(5-13-6-9)7-1-3-10-4-2-7;/h1-4H,5-6H2,(H,11,12);/q;+1/p-1. The topological polar surface area (TPSA) is 62.2 Å². The molecule has 0 radical (unpaired) electrons. The van der Waals surface area contributed by atoms with E-state index in [1.807, 2.05) is 0 Å². The van der Waals surface area contributed by atoms with Crippen molar-refractivity contribution in [2.45, 2.75) is 5.41 Å². The van der Waals surface area contributed by atoms with E-state index in [0.717, 1.165) is 0 Å². The summed E-state index contributed by atoms with van der Waals surface area (Å²) < 4.78 is 4.91. The van der Waals surface area contributed by atoms with E-state index in [2.05, 4.69) is 4.98 Å². The summed E-state index contributed by atoms with van der Waals surface area (Å²) in [6.45, 7) is 0.388. The van der Waals surface area contributed by atoms with Crippen molar-refractivity contribution in [3.05, 3.63) is 30.1 Å². The summed E-state index contributed by atoms with van der Waals surface area (Å²) >= 11 is 0. The van der Waals surface area contributed by atoms with Crippen LogP contribution in [0, 0.1) is 0 Å². The number of pyridine rings is 1. The Labute approximate surface area is 104 Å². The molecule has 0 bridgehead atoms. The Kier molecular flexibility index (Phi) is 3.66. The van der Waals surface area contributed by atoms with E-state index in [1.165, 1.54) is 0 Å². The van der Waals surface area contributed by atoms with Gasteiger partial charge >= 0.3 is 29.6 Å². The fraction of sp³-hybridized carbons (Fsp3) is 0.333. The van der Waals surface area contributed by atoms with Crippen molar-refractivity contribution in [3.63, 3.8) is 0 Å². The van der Waals surface area contributed by atoms with Crippen LogP contribution in [0.1, 0.15) is 5.56 Å². The fourth-order valence-corrected chi connectivity index (χ4v) is 1.38. The number of carbonyl (C=O) groups excluding carboxylic acids is 1. The molecule has 0 saturated carbocycles. The van der Waals surface area contributed by atoms with Crippen molar-refractivity contribution in [2.75, 3.05) is 13.2 Å². The molecule has 1 aliphatic heterocycles. The molecule has 14 heavy (non-hydrogen) atoms. The maximum Gasteiger partial charge on any atom is 1.00 e. The molecule has 0 aromatic carbocycles. The summed E-state index contributed by atoms with van der Waals surface area (Å²) in [5.41, 5.74) is -0.239. The summed E-state index contributed by atoms with van der Waals surface area (Å²) in [7, 11) is 0. The zero-order chi connectivity index (χ0) is 9.31. The molecule has 0 amide bonds. The Morgan fingerprint density at radius 3 is 2.36 bits per heavy atom. The first kappa shape index (κ1) is 11.7. The minimum Gasteiger partial charge on any atom is -0.549 e. The van der Waals surface area contributed by atoms with Crippen molar-refractivity contribution >= 4 is 5.97 Å². The van der Waals surface area contributed by atoms with Crippen LogP contribution in [0.5, 0.6) is 0 Å². The number of ether oxygens (including phenoxy) is 1. The zero-order valence-electron chi connectivity index (χ0n) is 7.90. The third-order valence-corrected chi connectivity index (χ3v) is 2.32. The molecular formula is C9H8NNaO3. The van der Waals surface area contributed by atoms with Crippen molar-refractivity contribution in [1.82, 2.24) is 4.98 Å². The van der Waals surface area contributed by atoms with Gasteiger partial charge in [0.1, 0.15) is 0 Å². The summed E-state index contributed by atoms with van der Waals surface area (Å²) in [5, 5.41) is 10.9. The smallest absolute Gasteiger partial charge is 0.549 e. The molecule has 0 spiro atoms. The number of aromatic nitrogens is 1. The van der Waals surface area contributed by atoms with Crippen molar-refractivity contribution in [3.8, 4) is 0 Å². The van der Waals surface area contributed by atoms with Gasteiger partial charge in [0.25, 0.3) is 0 Å². The van der Waals surface area contributed by atoms with Crippen LogP contribution in [0.3, 0.4) is 0 Å². The van der Waals surface area contributed by atoms with Crippen LogP contribution in [0.15, 0.2) is 24.5 Å². The van der Waals surface area contributed by atoms with Gasteiger partial charge in [0.15, 0.2) is 0 Å². The largest absolute Gasteiger partial charge is 1.00 e. The summed E-state index contributed by atoms with van der Waals surface area (Å²) in [5.74, 6) is -1.08. The molecule has 1 fully saturated rings. The molecule has 0 N–H and O–H groups in total. The van der Waals surface area contributed by atoms with E-state index < -0.39 is 11.4 Å². The Morgan fingerprint density at radius 1 is 1.43 bits per heavy atom. The first-order chi connectivity index (χ1) is 6.26. The normalized spacial score (nSPS) is 17.7. The zero-order valence-corrected chi connectivity index (χ0v) is 9.90. The average Bonchev–Trinajstić information content (AvgIpc) is 2.03. The van der Waals surface area contributed by atoms with Gasteiger partial charge in [-0.1, -0.05) is 0 Å². The van der Waals surface area contributed by atoms with Gasteiger partial charge < -0.3 is 14.6 Å². The molecule has 1 aromatic heterocycles. The molecule has 0 unspecified atom stereocenters. The Bertz CT molecular complexity index is 324. The maximum atomic E-state index is 10.9. The monoisotopic (exact) mass is 201 g/mol. The molecule has 1 aliphatic rings. The van der Waals surface area contributed by atoms with E-state index in [4.69, 9.17) is 4.74 Å². The molecule has 2 heterocycles. The number of hydrogen-bond donors (Lipinski definition) is 0. The number of nitrogens with zero attached hydrogens (tertiary/aromatic N) is 1. The van der Waals surface area contributed by atoms with Gasteiger partial charge in [0.05, 0.1) is 24.6 Å². The van der Waals surface area contributed by atoms with Gasteiger partial charge in [-0.05, 0) is 17.7 Å². The number of rotatable bonds is 2. The van der Waals surface area contributed by atoms with Gasteiger partial charge in [-0.3, -0.25) is 4.98 Å². The number of hydrogen-bond acceptors (Lipinski definition) is 4. The summed E-state index contributed by atoms with van der Waals surface area (Å²) in [6.07, 6.45) is 3.14. The number of carboxylic acid groups (broad SMARTS) is 1. The molecule has 0 aliphatic carbocycles. The summed E-state index contributed by atoms with van der Waals surface area (Å²) in [6, 6.07) is 3.36. The molecule has 4 nitrogen and oxygen atoms in total. The van der Waals surface area contributed by atoms with Gasteiger partial charge in [0, 0.05) is 12.4 Å². The molecule has 1 saturated heterocycles. The first-order valence-corrected chi connectivity index (χ1v) is 3.95. The Balaban J connectivity index is 0.000000980. The third-order valence-electron chi connectivity index (χ3n) is 2.32. The molecule has 5 heteroatoms. The minimum absolute atomic E-state index is 0. The quantitative estimate of drug-likeness (QED) is 0.459. The van der Waals surface area contributed by atoms with Crippen LogP contribution in [-0.2, 0) is 14.9 Å². The van der Waals surface area contributed by atoms with E-state index in [1.54, 1.807) is 24.5 Å². The third kappa shape index (κ3) is 1.70. The van der Waals surface area contributed by atoms with Crippen LogP contribution < -0.4 is 34.7 Å². The molecule has 0 atom stereocenters. The molecule has 2 rings (SSSR count). The minimum atomic E-state index is -1.08. The van der Waals surface area contributed by atoms with Crippen molar-refractivity contribution < 1.29 is 44.2 Å². The van der Waals surface area contributed by atoms with Gasteiger partial charge in [-0.15, -0.1) is 0 Å². The number of carbonyl (C=O) groups is 1. The average molecular weight is 201 g/mol. The molecule has 1 aromatic rings. The van der Waals surface area contributed by atoms with Crippen molar-refractivity contribution in [1.29, 1.82) is 0 Å². The van der Waals surface area contributed by atoms with Gasteiger partial charge in [-0.25, -0.2) is 0 Å². The van der Waals surface area contributed by atoms with Crippen LogP contribution in [0.4, 0.5) is 0 Å². The van der Waals surface area contributed by atoms with E-state index in [0.29, 0.717) is 5.56 Å². The van der Waals surface area contributed by atoms with Gasteiger partial charge in [-0.2, -0.15) is 0 Å². The number of aliphatic carboxylic acids is 1. The van der Waals surface area contributed by atoms with Crippen molar-refractivity contribution in [2.24, 2.45) is 0 Å². The Hall–Kier alpha value is -0.420. The number of carboxylic acids is 1. The predicted molar refractivity (Wildman–Crippen MR) is 41.7 cm³/mol.